The van der Waals surface area contributed by atoms with Gasteiger partial charge in [0.1, 0.15) is 17.5 Å². The van der Waals surface area contributed by atoms with Crippen LogP contribution in [0, 0.1) is 0 Å². The number of hydrogen-bond acceptors (Lipinski definition) is 5. The van der Waals surface area contributed by atoms with Crippen molar-refractivity contribution in [2.45, 2.75) is 11.0 Å². The second-order valence-corrected chi connectivity index (χ2v) is 4.77. The van der Waals surface area contributed by atoms with Gasteiger partial charge in [0.15, 0.2) is 5.58 Å². The average Bonchev–Trinajstić information content (AvgIpc) is 3.02. The molecule has 0 spiro atoms. The van der Waals surface area contributed by atoms with Crippen molar-refractivity contribution in [1.29, 1.82) is 0 Å². The van der Waals surface area contributed by atoms with Gasteiger partial charge in [-0.25, -0.2) is 9.78 Å². The molecule has 0 unspecified atom stereocenters. The zero-order valence-electron chi connectivity index (χ0n) is 9.70. The van der Waals surface area contributed by atoms with Gasteiger partial charge in [-0.15, -0.1) is 0 Å². The molecular formula is C13H9NO4S. The maximum atomic E-state index is 10.7. The van der Waals surface area contributed by atoms with E-state index >= 15 is 0 Å². The summed E-state index contributed by atoms with van der Waals surface area (Å²) in [4.78, 5) is 15.0. The molecular weight excluding hydrogens is 266 g/mol. The van der Waals surface area contributed by atoms with Crippen LogP contribution in [-0.2, 0) is 5.75 Å². The number of carboxylic acids is 1. The van der Waals surface area contributed by atoms with E-state index in [0.717, 1.165) is 11.1 Å². The Hall–Kier alpha value is -2.21. The molecule has 3 rings (SSSR count). The first kappa shape index (κ1) is 11.9. The molecule has 0 aliphatic heterocycles. The molecule has 0 saturated heterocycles. The topological polar surface area (TPSA) is 76.5 Å². The van der Waals surface area contributed by atoms with Crippen LogP contribution in [0.1, 0.15) is 16.1 Å². The third-order valence-corrected chi connectivity index (χ3v) is 3.36. The lowest BCUT2D eigenvalue weighted by Crippen LogP contribution is -1.91. The van der Waals surface area contributed by atoms with Gasteiger partial charge in [0.2, 0.25) is 0 Å². The summed E-state index contributed by atoms with van der Waals surface area (Å²) in [5.74, 6) is 0.0478. The molecule has 6 heteroatoms. The second kappa shape index (κ2) is 4.81. The number of thioether (sulfide) groups is 1. The van der Waals surface area contributed by atoms with Crippen molar-refractivity contribution in [3.05, 3.63) is 47.9 Å². The average molecular weight is 275 g/mol. The molecule has 96 valence electrons. The summed E-state index contributed by atoms with van der Waals surface area (Å²) in [6.45, 7) is 0. The highest BCUT2D eigenvalue weighted by Gasteiger charge is 2.10. The molecule has 19 heavy (non-hydrogen) atoms. The van der Waals surface area contributed by atoms with Crippen molar-refractivity contribution in [1.82, 2.24) is 4.98 Å². The van der Waals surface area contributed by atoms with E-state index in [9.17, 15) is 4.79 Å². The van der Waals surface area contributed by atoms with Crippen LogP contribution >= 0.6 is 11.8 Å². The molecule has 0 aliphatic carbocycles. The fourth-order valence-corrected chi connectivity index (χ4v) is 2.34. The van der Waals surface area contributed by atoms with E-state index in [1.165, 1.54) is 24.1 Å². The fourth-order valence-electron chi connectivity index (χ4n) is 1.61. The summed E-state index contributed by atoms with van der Waals surface area (Å²) in [5, 5.41) is 9.32. The fraction of sp³-hybridized carbons (Fsp3) is 0.0769. The number of aromatic carboxylic acids is 1. The number of para-hydroxylation sites is 2. The Kier molecular flexibility index (Phi) is 3.00. The molecule has 0 bridgehead atoms. The minimum Gasteiger partial charge on any atom is -0.478 e. The largest absolute Gasteiger partial charge is 0.478 e. The minimum absolute atomic E-state index is 0.146. The van der Waals surface area contributed by atoms with Crippen molar-refractivity contribution < 1.29 is 18.7 Å². The number of furan rings is 1. The Bertz CT molecular complexity index is 698. The van der Waals surface area contributed by atoms with Crippen LogP contribution in [0.5, 0.6) is 0 Å². The second-order valence-electron chi connectivity index (χ2n) is 3.84. The number of hydrogen-bond donors (Lipinski definition) is 1. The van der Waals surface area contributed by atoms with Crippen LogP contribution in [0.2, 0.25) is 0 Å². The van der Waals surface area contributed by atoms with Crippen molar-refractivity contribution in [2.24, 2.45) is 0 Å². The van der Waals surface area contributed by atoms with Gasteiger partial charge >= 0.3 is 5.97 Å². The van der Waals surface area contributed by atoms with Crippen LogP contribution in [0.25, 0.3) is 11.1 Å². The summed E-state index contributed by atoms with van der Waals surface area (Å²) in [7, 11) is 0. The smallest absolute Gasteiger partial charge is 0.338 e. The molecule has 1 aromatic carbocycles. The van der Waals surface area contributed by atoms with Crippen molar-refractivity contribution in [3.8, 4) is 0 Å². The highest BCUT2D eigenvalue weighted by atomic mass is 32.2. The van der Waals surface area contributed by atoms with E-state index in [1.807, 2.05) is 24.3 Å². The highest BCUT2D eigenvalue weighted by Crippen LogP contribution is 2.26. The van der Waals surface area contributed by atoms with Crippen LogP contribution in [0.4, 0.5) is 0 Å². The lowest BCUT2D eigenvalue weighted by molar-refractivity contribution is 0.0696. The normalized spacial score (nSPS) is 10.9. The summed E-state index contributed by atoms with van der Waals surface area (Å²) in [5.41, 5.74) is 1.68. The summed E-state index contributed by atoms with van der Waals surface area (Å²) in [6.07, 6.45) is 1.23. The maximum absolute atomic E-state index is 10.7. The number of nitrogens with zero attached hydrogens (tertiary/aromatic N) is 1. The molecule has 0 radical (unpaired) electrons. The van der Waals surface area contributed by atoms with Crippen molar-refractivity contribution in [3.63, 3.8) is 0 Å². The quantitative estimate of drug-likeness (QED) is 0.735. The van der Waals surface area contributed by atoms with Crippen LogP contribution in [0.3, 0.4) is 0 Å². The van der Waals surface area contributed by atoms with Crippen LogP contribution < -0.4 is 0 Å². The molecule has 0 fully saturated rings. The lowest BCUT2D eigenvalue weighted by Gasteiger charge is -1.91. The predicted molar refractivity (Wildman–Crippen MR) is 69.2 cm³/mol. The predicted octanol–water partition coefficient (Wildman–Crippen LogP) is 3.41. The molecule has 1 N–H and O–H groups in total. The first-order valence-electron chi connectivity index (χ1n) is 5.51. The number of carbonyl (C=O) groups is 1. The first-order valence-corrected chi connectivity index (χ1v) is 6.50. The van der Waals surface area contributed by atoms with Crippen LogP contribution in [0.15, 0.2) is 50.7 Å². The number of carboxylic acid groups (broad SMARTS) is 1. The molecule has 0 atom stereocenters. The van der Waals surface area contributed by atoms with Gasteiger partial charge in [0.25, 0.3) is 5.22 Å². The number of aromatic nitrogens is 1. The SMILES string of the molecule is O=C(O)c1coc(CSc2nc3ccccc3o2)c1. The minimum atomic E-state index is -0.998. The van der Waals surface area contributed by atoms with Crippen molar-refractivity contribution >= 4 is 28.8 Å². The summed E-state index contributed by atoms with van der Waals surface area (Å²) < 4.78 is 10.7. The zero-order chi connectivity index (χ0) is 13.2. The number of oxazole rings is 1. The Morgan fingerprint density at radius 1 is 1.37 bits per heavy atom. The van der Waals surface area contributed by atoms with Gasteiger partial charge in [-0.05, 0) is 18.2 Å². The Balaban J connectivity index is 1.72. The molecule has 2 heterocycles. The van der Waals surface area contributed by atoms with E-state index in [1.54, 1.807) is 0 Å². The summed E-state index contributed by atoms with van der Waals surface area (Å²) >= 11 is 1.36. The van der Waals surface area contributed by atoms with E-state index in [2.05, 4.69) is 4.98 Å². The monoisotopic (exact) mass is 275 g/mol. The van der Waals surface area contributed by atoms with E-state index in [-0.39, 0.29) is 5.56 Å². The maximum Gasteiger partial charge on any atom is 0.338 e. The number of benzene rings is 1. The van der Waals surface area contributed by atoms with Gasteiger partial charge in [-0.2, -0.15) is 0 Å². The standard InChI is InChI=1S/C13H9NO4S/c15-12(16)8-5-9(17-6-8)7-19-13-14-10-3-1-2-4-11(10)18-13/h1-6H,7H2,(H,15,16). The van der Waals surface area contributed by atoms with E-state index < -0.39 is 5.97 Å². The van der Waals surface area contributed by atoms with E-state index in [0.29, 0.717) is 16.7 Å². The number of fused-ring (bicyclic) bond motifs is 1. The lowest BCUT2D eigenvalue weighted by atomic mass is 10.3. The third-order valence-electron chi connectivity index (χ3n) is 2.51. The van der Waals surface area contributed by atoms with Gasteiger partial charge < -0.3 is 13.9 Å². The van der Waals surface area contributed by atoms with Gasteiger partial charge in [-0.3, -0.25) is 0 Å². The zero-order valence-corrected chi connectivity index (χ0v) is 10.5. The van der Waals surface area contributed by atoms with Crippen molar-refractivity contribution in [2.75, 3.05) is 0 Å². The highest BCUT2D eigenvalue weighted by molar-refractivity contribution is 7.98. The molecule has 2 aromatic heterocycles. The molecule has 0 aliphatic rings. The molecule has 5 nitrogen and oxygen atoms in total. The number of rotatable bonds is 4. The molecule has 0 amide bonds. The Morgan fingerprint density at radius 2 is 2.21 bits per heavy atom. The first-order chi connectivity index (χ1) is 9.22. The van der Waals surface area contributed by atoms with Gasteiger partial charge in [0.05, 0.1) is 11.3 Å². The summed E-state index contributed by atoms with van der Waals surface area (Å²) in [6, 6.07) is 9.00. The Morgan fingerprint density at radius 3 is 2.95 bits per heavy atom. The van der Waals surface area contributed by atoms with Gasteiger partial charge in [0, 0.05) is 0 Å². The van der Waals surface area contributed by atoms with Gasteiger partial charge in [-0.1, -0.05) is 23.9 Å². The third kappa shape index (κ3) is 2.48. The van der Waals surface area contributed by atoms with Crippen LogP contribution in [-0.4, -0.2) is 16.1 Å². The Labute approximate surface area is 112 Å². The molecule has 3 aromatic rings. The van der Waals surface area contributed by atoms with E-state index in [4.69, 9.17) is 13.9 Å². The molecule has 0 saturated carbocycles.